The average Bonchev–Trinajstić information content (AvgIpc) is 2.70. The third-order valence-electron chi connectivity index (χ3n) is 2.07. The first kappa shape index (κ1) is 11.7. The van der Waals surface area contributed by atoms with Crippen LogP contribution in [0.15, 0.2) is 28.9 Å². The van der Waals surface area contributed by atoms with Crippen LogP contribution in [-0.2, 0) is 0 Å². The van der Waals surface area contributed by atoms with Gasteiger partial charge < -0.3 is 0 Å². The zero-order valence-electron chi connectivity index (χ0n) is 8.36. The van der Waals surface area contributed by atoms with Crippen molar-refractivity contribution in [3.8, 4) is 5.69 Å². The summed E-state index contributed by atoms with van der Waals surface area (Å²) in [5, 5.41) is 7.83. The first-order valence-electron chi connectivity index (χ1n) is 4.59. The summed E-state index contributed by atoms with van der Waals surface area (Å²) in [7, 11) is 0. The molecule has 2 aromatic rings. The highest BCUT2D eigenvalue weighted by Gasteiger charge is 2.10. The summed E-state index contributed by atoms with van der Waals surface area (Å²) in [5.74, 6) is -0.332. The predicted molar refractivity (Wildman–Crippen MR) is 66.4 cm³/mol. The average molecular weight is 349 g/mol. The number of hydrogen-bond acceptors (Lipinski definition) is 2. The van der Waals surface area contributed by atoms with Gasteiger partial charge in [-0.25, -0.2) is 9.07 Å². The van der Waals surface area contributed by atoms with Crippen molar-refractivity contribution in [2.24, 2.45) is 0 Å². The van der Waals surface area contributed by atoms with Crippen molar-refractivity contribution in [3.05, 3.63) is 40.4 Å². The Kier molecular flexibility index (Phi) is 3.39. The van der Waals surface area contributed by atoms with E-state index < -0.39 is 0 Å². The summed E-state index contributed by atoms with van der Waals surface area (Å²) in [6.07, 6.45) is 1.70. The summed E-state index contributed by atoms with van der Waals surface area (Å²) in [4.78, 5) is 0.0939. The van der Waals surface area contributed by atoms with Gasteiger partial charge in [0.1, 0.15) is 11.5 Å². The zero-order chi connectivity index (χ0) is 11.7. The molecule has 0 aliphatic heterocycles. The molecule has 0 amide bonds. The Bertz CT molecular complexity index is 511. The lowest BCUT2D eigenvalue weighted by atomic mass is 10.3. The lowest BCUT2D eigenvalue weighted by molar-refractivity contribution is 0.606. The van der Waals surface area contributed by atoms with Gasteiger partial charge >= 0.3 is 0 Å². The molecule has 0 aliphatic rings. The number of nitrogens with zero attached hydrogens (tertiary/aromatic N) is 3. The smallest absolute Gasteiger partial charge is 0.148 e. The molecule has 6 heteroatoms. The van der Waals surface area contributed by atoms with Crippen LogP contribution in [-0.4, -0.2) is 15.0 Å². The number of alkyl halides is 1. The Labute approximate surface area is 109 Å². The van der Waals surface area contributed by atoms with E-state index in [1.54, 1.807) is 18.3 Å². The highest BCUT2D eigenvalue weighted by Crippen LogP contribution is 2.22. The van der Waals surface area contributed by atoms with Crippen LogP contribution in [0.25, 0.3) is 5.69 Å². The van der Waals surface area contributed by atoms with E-state index in [9.17, 15) is 4.39 Å². The molecule has 0 bridgehead atoms. The topological polar surface area (TPSA) is 30.7 Å². The van der Waals surface area contributed by atoms with E-state index >= 15 is 0 Å². The molecule has 0 spiro atoms. The Morgan fingerprint density at radius 2 is 2.19 bits per heavy atom. The summed E-state index contributed by atoms with van der Waals surface area (Å²) >= 11 is 6.67. The minimum absolute atomic E-state index is 0.0939. The quantitative estimate of drug-likeness (QED) is 0.776. The maximum absolute atomic E-state index is 13.5. The molecule has 1 unspecified atom stereocenters. The third kappa shape index (κ3) is 2.32. The maximum atomic E-state index is 13.5. The Hall–Kier alpha value is -0.750. The first-order chi connectivity index (χ1) is 7.58. The summed E-state index contributed by atoms with van der Waals surface area (Å²) in [6.45, 7) is 1.94. The minimum Gasteiger partial charge on any atom is -0.217 e. The summed E-state index contributed by atoms with van der Waals surface area (Å²) in [6, 6.07) is 4.69. The largest absolute Gasteiger partial charge is 0.217 e. The molecule has 0 fully saturated rings. The molecule has 16 heavy (non-hydrogen) atoms. The molecular formula is C10H8Br2FN3. The van der Waals surface area contributed by atoms with Crippen molar-refractivity contribution >= 4 is 31.9 Å². The SMILES string of the molecule is CC(Br)c1cn(-c2cc(Br)ccc2F)nn1. The van der Waals surface area contributed by atoms with Crippen molar-refractivity contribution in [2.45, 2.75) is 11.8 Å². The fourth-order valence-corrected chi connectivity index (χ4v) is 1.80. The number of benzene rings is 1. The molecule has 1 heterocycles. The normalized spacial score (nSPS) is 12.8. The molecule has 0 radical (unpaired) electrons. The van der Waals surface area contributed by atoms with E-state index in [-0.39, 0.29) is 10.6 Å². The van der Waals surface area contributed by atoms with Crippen molar-refractivity contribution < 1.29 is 4.39 Å². The third-order valence-corrected chi connectivity index (χ3v) is 3.04. The lowest BCUT2D eigenvalue weighted by Crippen LogP contribution is -1.98. The van der Waals surface area contributed by atoms with Gasteiger partial charge in [0.25, 0.3) is 0 Å². The molecule has 1 aromatic heterocycles. The van der Waals surface area contributed by atoms with Crippen molar-refractivity contribution in [2.75, 3.05) is 0 Å². The number of aromatic nitrogens is 3. The van der Waals surface area contributed by atoms with Crippen LogP contribution >= 0.6 is 31.9 Å². The predicted octanol–water partition coefficient (Wildman–Crippen LogP) is 3.62. The van der Waals surface area contributed by atoms with Crippen LogP contribution in [0.4, 0.5) is 4.39 Å². The van der Waals surface area contributed by atoms with Gasteiger partial charge in [-0.1, -0.05) is 37.1 Å². The van der Waals surface area contributed by atoms with E-state index in [2.05, 4.69) is 42.2 Å². The van der Waals surface area contributed by atoms with E-state index in [4.69, 9.17) is 0 Å². The Morgan fingerprint density at radius 1 is 1.44 bits per heavy atom. The molecule has 0 saturated heterocycles. The number of hydrogen-bond donors (Lipinski definition) is 0. The van der Waals surface area contributed by atoms with Gasteiger partial charge in [0.05, 0.1) is 16.7 Å². The van der Waals surface area contributed by atoms with Crippen molar-refractivity contribution in [1.82, 2.24) is 15.0 Å². The van der Waals surface area contributed by atoms with Crippen LogP contribution in [0.5, 0.6) is 0 Å². The Balaban J connectivity index is 2.46. The molecule has 0 N–H and O–H groups in total. The molecule has 1 atom stereocenters. The van der Waals surface area contributed by atoms with Gasteiger partial charge in [-0.05, 0) is 25.1 Å². The molecule has 84 valence electrons. The van der Waals surface area contributed by atoms with Crippen LogP contribution in [0.3, 0.4) is 0 Å². The van der Waals surface area contributed by atoms with Crippen molar-refractivity contribution in [3.63, 3.8) is 0 Å². The van der Waals surface area contributed by atoms with Gasteiger partial charge in [0, 0.05) is 4.47 Å². The molecular weight excluding hydrogens is 341 g/mol. The van der Waals surface area contributed by atoms with Gasteiger partial charge in [0.2, 0.25) is 0 Å². The molecule has 2 rings (SSSR count). The van der Waals surface area contributed by atoms with E-state index in [1.165, 1.54) is 10.7 Å². The van der Waals surface area contributed by atoms with Crippen LogP contribution in [0.1, 0.15) is 17.4 Å². The molecule has 0 aliphatic carbocycles. The monoisotopic (exact) mass is 347 g/mol. The Morgan fingerprint density at radius 3 is 2.81 bits per heavy atom. The van der Waals surface area contributed by atoms with Gasteiger partial charge in [-0.15, -0.1) is 5.10 Å². The zero-order valence-corrected chi connectivity index (χ0v) is 11.5. The molecule has 1 aromatic carbocycles. The van der Waals surface area contributed by atoms with Gasteiger partial charge in [0.15, 0.2) is 0 Å². The second-order valence-corrected chi connectivity index (χ2v) is 5.59. The summed E-state index contributed by atoms with van der Waals surface area (Å²) in [5.41, 5.74) is 1.14. The van der Waals surface area contributed by atoms with E-state index in [0.29, 0.717) is 5.69 Å². The number of rotatable bonds is 2. The van der Waals surface area contributed by atoms with Crippen molar-refractivity contribution in [1.29, 1.82) is 0 Å². The molecule has 3 nitrogen and oxygen atoms in total. The van der Waals surface area contributed by atoms with Crippen LogP contribution in [0, 0.1) is 5.82 Å². The fraction of sp³-hybridized carbons (Fsp3) is 0.200. The minimum atomic E-state index is -0.332. The van der Waals surface area contributed by atoms with Gasteiger partial charge in [-0.2, -0.15) is 0 Å². The number of halogens is 3. The van der Waals surface area contributed by atoms with Crippen LogP contribution in [0.2, 0.25) is 0 Å². The van der Waals surface area contributed by atoms with Crippen LogP contribution < -0.4 is 0 Å². The standard InChI is InChI=1S/C10H8Br2FN3/c1-6(11)9-5-16(15-14-9)10-4-7(12)2-3-8(10)13/h2-6H,1H3. The highest BCUT2D eigenvalue weighted by atomic mass is 79.9. The second-order valence-electron chi connectivity index (χ2n) is 3.30. The second kappa shape index (κ2) is 4.63. The highest BCUT2D eigenvalue weighted by molar-refractivity contribution is 9.10. The first-order valence-corrected chi connectivity index (χ1v) is 6.30. The fourth-order valence-electron chi connectivity index (χ4n) is 1.24. The maximum Gasteiger partial charge on any atom is 0.148 e. The van der Waals surface area contributed by atoms with Gasteiger partial charge in [-0.3, -0.25) is 0 Å². The van der Waals surface area contributed by atoms with E-state index in [1.807, 2.05) is 6.92 Å². The lowest BCUT2D eigenvalue weighted by Gasteiger charge is -2.02. The summed E-state index contributed by atoms with van der Waals surface area (Å²) < 4.78 is 15.8. The van der Waals surface area contributed by atoms with E-state index in [0.717, 1.165) is 10.2 Å². The molecule has 0 saturated carbocycles.